The molecular weight excluding hydrogens is 224 g/mol. The van der Waals surface area contributed by atoms with Crippen molar-refractivity contribution in [2.45, 2.75) is 45.1 Å². The van der Waals surface area contributed by atoms with Crippen LogP contribution in [0, 0.1) is 0 Å². The molecule has 0 unspecified atom stereocenters. The lowest BCUT2D eigenvalue weighted by Gasteiger charge is -2.19. The second-order valence-electron chi connectivity index (χ2n) is 5.08. The van der Waals surface area contributed by atoms with Crippen LogP contribution in [-0.2, 0) is 17.6 Å². The summed E-state index contributed by atoms with van der Waals surface area (Å²) in [6.45, 7) is 2.86. The van der Waals surface area contributed by atoms with Crippen LogP contribution in [0.5, 0.6) is 0 Å². The largest absolute Gasteiger partial charge is 0.463 e. The highest BCUT2D eigenvalue weighted by molar-refractivity contribution is 5.91. The van der Waals surface area contributed by atoms with Gasteiger partial charge in [-0.05, 0) is 49.3 Å². The molecule has 2 aliphatic rings. The van der Waals surface area contributed by atoms with Crippen molar-refractivity contribution in [2.24, 2.45) is 4.99 Å². The van der Waals surface area contributed by atoms with Gasteiger partial charge in [0, 0.05) is 5.69 Å². The quantitative estimate of drug-likeness (QED) is 0.867. The summed E-state index contributed by atoms with van der Waals surface area (Å²) in [5.74, 6) is 0. The first-order valence-electron chi connectivity index (χ1n) is 6.95. The van der Waals surface area contributed by atoms with Gasteiger partial charge in [0.2, 0.25) is 0 Å². The molecule has 0 saturated heterocycles. The Bertz CT molecular complexity index is 468. The molecule has 0 spiro atoms. The molecular formula is C15H20N2O. The highest BCUT2D eigenvalue weighted by atomic mass is 16.5. The number of fused-ring (bicyclic) bond motifs is 1. The fraction of sp³-hybridized carbons (Fsp3) is 0.533. The van der Waals surface area contributed by atoms with Crippen LogP contribution in [-0.4, -0.2) is 18.7 Å². The second-order valence-corrected chi connectivity index (χ2v) is 5.08. The fourth-order valence-corrected chi connectivity index (χ4v) is 2.71. The van der Waals surface area contributed by atoms with Crippen molar-refractivity contribution < 1.29 is 4.74 Å². The lowest BCUT2D eigenvalue weighted by molar-refractivity contribution is 0.313. The number of anilines is 1. The van der Waals surface area contributed by atoms with Crippen LogP contribution in [0.1, 0.15) is 37.3 Å². The molecule has 0 fully saturated rings. The van der Waals surface area contributed by atoms with Gasteiger partial charge in [0.05, 0.1) is 6.04 Å². The number of hydrogen-bond donors (Lipinski definition) is 1. The van der Waals surface area contributed by atoms with Crippen molar-refractivity contribution >= 4 is 11.7 Å². The molecule has 0 radical (unpaired) electrons. The topological polar surface area (TPSA) is 33.6 Å². The zero-order valence-corrected chi connectivity index (χ0v) is 10.9. The molecule has 96 valence electrons. The van der Waals surface area contributed by atoms with E-state index >= 15 is 0 Å². The number of ether oxygens (including phenoxy) is 1. The summed E-state index contributed by atoms with van der Waals surface area (Å²) >= 11 is 0. The summed E-state index contributed by atoms with van der Waals surface area (Å²) in [6.07, 6.45) is 6.01. The van der Waals surface area contributed by atoms with Gasteiger partial charge in [0.15, 0.2) is 0 Å². The van der Waals surface area contributed by atoms with Crippen LogP contribution in [0.2, 0.25) is 0 Å². The summed E-state index contributed by atoms with van der Waals surface area (Å²) in [5, 5.41) is 3.36. The van der Waals surface area contributed by atoms with Gasteiger partial charge in [-0.25, -0.2) is 4.99 Å². The maximum absolute atomic E-state index is 5.59. The van der Waals surface area contributed by atoms with Gasteiger partial charge in [-0.15, -0.1) is 0 Å². The Morgan fingerprint density at radius 1 is 1.33 bits per heavy atom. The maximum Gasteiger partial charge on any atom is 0.289 e. The highest BCUT2D eigenvalue weighted by Crippen LogP contribution is 2.28. The molecule has 1 aliphatic heterocycles. The third kappa shape index (κ3) is 2.22. The molecule has 1 N–H and O–H groups in total. The molecule has 3 nitrogen and oxygen atoms in total. The standard InChI is InChI=1S/C15H20N2O/c1-2-12-10-18-15(16-12)17-14-9-5-7-11-6-3-4-8-13(11)14/h5,7,9,12H,2-4,6,8,10H2,1H3,(H,16,17)/t12-/m0/s1. The van der Waals surface area contributed by atoms with Gasteiger partial charge in [0.25, 0.3) is 6.02 Å². The first-order chi connectivity index (χ1) is 8.86. The van der Waals surface area contributed by atoms with E-state index in [-0.39, 0.29) is 0 Å². The van der Waals surface area contributed by atoms with Crippen LogP contribution >= 0.6 is 0 Å². The fourth-order valence-electron chi connectivity index (χ4n) is 2.71. The van der Waals surface area contributed by atoms with Crippen molar-refractivity contribution in [3.63, 3.8) is 0 Å². The molecule has 0 amide bonds. The molecule has 18 heavy (non-hydrogen) atoms. The predicted molar refractivity (Wildman–Crippen MR) is 74.2 cm³/mol. The van der Waals surface area contributed by atoms with E-state index in [1.165, 1.54) is 42.5 Å². The molecule has 1 aliphatic carbocycles. The van der Waals surface area contributed by atoms with Gasteiger partial charge in [-0.2, -0.15) is 0 Å². The third-order valence-corrected chi connectivity index (χ3v) is 3.82. The number of aliphatic imine (C=N–C) groups is 1. The first kappa shape index (κ1) is 11.6. The summed E-state index contributed by atoms with van der Waals surface area (Å²) in [7, 11) is 0. The SMILES string of the molecule is CC[C@H]1COC(Nc2cccc3c2CCCC3)=N1. The van der Waals surface area contributed by atoms with Gasteiger partial charge in [0.1, 0.15) is 6.61 Å². The van der Waals surface area contributed by atoms with Crippen LogP contribution in [0.3, 0.4) is 0 Å². The van der Waals surface area contributed by atoms with Gasteiger partial charge in [-0.3, -0.25) is 0 Å². The Morgan fingerprint density at radius 3 is 3.06 bits per heavy atom. The first-order valence-corrected chi connectivity index (χ1v) is 6.95. The minimum absolute atomic E-state index is 0.326. The summed E-state index contributed by atoms with van der Waals surface area (Å²) in [6, 6.07) is 7.52. The van der Waals surface area contributed by atoms with Crippen molar-refractivity contribution in [1.29, 1.82) is 0 Å². The van der Waals surface area contributed by atoms with Crippen LogP contribution in [0.4, 0.5) is 5.69 Å². The van der Waals surface area contributed by atoms with Gasteiger partial charge < -0.3 is 10.1 Å². The van der Waals surface area contributed by atoms with E-state index in [4.69, 9.17) is 4.74 Å². The second kappa shape index (κ2) is 5.01. The van der Waals surface area contributed by atoms with Crippen LogP contribution < -0.4 is 5.32 Å². The summed E-state index contributed by atoms with van der Waals surface area (Å²) in [5.41, 5.74) is 4.12. The van der Waals surface area contributed by atoms with Crippen LogP contribution in [0.25, 0.3) is 0 Å². The Hall–Kier alpha value is -1.51. The van der Waals surface area contributed by atoms with Gasteiger partial charge in [-0.1, -0.05) is 19.1 Å². The number of nitrogens with one attached hydrogen (secondary N) is 1. The third-order valence-electron chi connectivity index (χ3n) is 3.82. The number of hydrogen-bond acceptors (Lipinski definition) is 3. The molecule has 3 heteroatoms. The molecule has 0 aromatic heterocycles. The summed E-state index contributed by atoms with van der Waals surface area (Å²) in [4.78, 5) is 4.53. The number of amidine groups is 1. The Kier molecular flexibility index (Phi) is 3.22. The number of aryl methyl sites for hydroxylation is 1. The van der Waals surface area contributed by atoms with Crippen molar-refractivity contribution in [1.82, 2.24) is 0 Å². The van der Waals surface area contributed by atoms with Crippen molar-refractivity contribution in [3.05, 3.63) is 29.3 Å². The molecule has 0 saturated carbocycles. The highest BCUT2D eigenvalue weighted by Gasteiger charge is 2.19. The average Bonchev–Trinajstić information content (AvgIpc) is 2.87. The Morgan fingerprint density at radius 2 is 2.22 bits per heavy atom. The Labute approximate surface area is 108 Å². The lowest BCUT2D eigenvalue weighted by atomic mass is 9.90. The van der Waals surface area contributed by atoms with E-state index < -0.39 is 0 Å². The monoisotopic (exact) mass is 244 g/mol. The molecule has 1 atom stereocenters. The predicted octanol–water partition coefficient (Wildman–Crippen LogP) is 3.14. The van der Waals surface area contributed by atoms with Crippen molar-refractivity contribution in [3.8, 4) is 0 Å². The van der Waals surface area contributed by atoms with Crippen LogP contribution in [0.15, 0.2) is 23.2 Å². The molecule has 1 heterocycles. The molecule has 1 aromatic rings. The number of nitrogens with zero attached hydrogens (tertiary/aromatic N) is 1. The van der Waals surface area contributed by atoms with Gasteiger partial charge >= 0.3 is 0 Å². The van der Waals surface area contributed by atoms with Crippen molar-refractivity contribution in [2.75, 3.05) is 11.9 Å². The summed E-state index contributed by atoms with van der Waals surface area (Å²) < 4.78 is 5.59. The smallest absolute Gasteiger partial charge is 0.289 e. The minimum Gasteiger partial charge on any atom is -0.463 e. The zero-order valence-electron chi connectivity index (χ0n) is 10.9. The lowest BCUT2D eigenvalue weighted by Crippen LogP contribution is -2.15. The zero-order chi connectivity index (χ0) is 12.4. The molecule has 0 bridgehead atoms. The van der Waals surface area contributed by atoms with E-state index in [9.17, 15) is 0 Å². The average molecular weight is 244 g/mol. The minimum atomic E-state index is 0.326. The molecule has 3 rings (SSSR count). The number of benzene rings is 1. The van der Waals surface area contributed by atoms with E-state index in [1.807, 2.05) is 0 Å². The maximum atomic E-state index is 5.59. The van der Waals surface area contributed by atoms with E-state index in [2.05, 4.69) is 35.4 Å². The van der Waals surface area contributed by atoms with E-state index in [1.54, 1.807) is 0 Å². The van der Waals surface area contributed by atoms with E-state index in [0.717, 1.165) is 6.42 Å². The normalized spacial score (nSPS) is 22.1. The molecule has 1 aromatic carbocycles. The number of rotatable bonds is 2. The van der Waals surface area contributed by atoms with E-state index in [0.29, 0.717) is 18.7 Å². The Balaban J connectivity index is 1.81.